The Balaban J connectivity index is 1.67. The van der Waals surface area contributed by atoms with Gasteiger partial charge in [-0.05, 0) is 95.9 Å². The van der Waals surface area contributed by atoms with E-state index in [1.165, 1.54) is 142 Å². The summed E-state index contributed by atoms with van der Waals surface area (Å²) < 4.78 is 42.1. The molecule has 74 heavy (non-hydrogen) atoms. The van der Waals surface area contributed by atoms with Crippen molar-refractivity contribution in [2.24, 2.45) is 11.8 Å². The number of allylic oxidation sites excluding steroid dienone is 8. The minimum atomic E-state index is -0.701. The smallest absolute Gasteiger partial charge is 0.302 e. The van der Waals surface area contributed by atoms with E-state index in [9.17, 15) is 14.4 Å². The molecule has 0 aromatic heterocycles. The Hall–Kier alpha value is -2.91. The molecule has 0 bridgehead atoms. The summed E-state index contributed by atoms with van der Waals surface area (Å²) in [6.07, 6.45) is 48.9. The lowest BCUT2D eigenvalue weighted by Gasteiger charge is -2.44. The molecule has 2 amide bonds. The van der Waals surface area contributed by atoms with Gasteiger partial charge in [0.1, 0.15) is 6.61 Å². The van der Waals surface area contributed by atoms with E-state index in [2.05, 4.69) is 73.1 Å². The van der Waals surface area contributed by atoms with Crippen LogP contribution in [-0.4, -0.2) is 126 Å². The predicted molar refractivity (Wildman–Crippen MR) is 301 cm³/mol. The van der Waals surface area contributed by atoms with Crippen LogP contribution in [0.1, 0.15) is 208 Å². The number of esters is 1. The number of amides is 2. The predicted octanol–water partition coefficient (Wildman–Crippen LogP) is 12.7. The van der Waals surface area contributed by atoms with Crippen molar-refractivity contribution < 1.29 is 47.5 Å². The number of likely N-dealkylation sites (N-methyl/N-ethyl adjacent to an activating group) is 1. The van der Waals surface area contributed by atoms with Gasteiger partial charge in [0.25, 0.3) is 0 Å². The van der Waals surface area contributed by atoms with Crippen LogP contribution in [0.2, 0.25) is 0 Å². The Morgan fingerprint density at radius 2 is 1.14 bits per heavy atom. The zero-order valence-corrected chi connectivity index (χ0v) is 48.1. The number of nitrogens with zero attached hydrogens (tertiary/aromatic N) is 1. The van der Waals surface area contributed by atoms with Crippen LogP contribution >= 0.6 is 0 Å². The fraction of sp³-hybridized carbons (Fsp3) is 0.820. The van der Waals surface area contributed by atoms with Gasteiger partial charge in [-0.15, -0.1) is 0 Å². The Morgan fingerprint density at radius 3 is 1.66 bits per heavy atom. The highest BCUT2D eigenvalue weighted by atomic mass is 16.7. The van der Waals surface area contributed by atoms with Crippen LogP contribution in [0.15, 0.2) is 48.6 Å². The van der Waals surface area contributed by atoms with Crippen LogP contribution < -0.4 is 10.6 Å². The highest BCUT2D eigenvalue weighted by Crippen LogP contribution is 2.35. The molecule has 2 heterocycles. The molecule has 2 aliphatic heterocycles. The van der Waals surface area contributed by atoms with Crippen molar-refractivity contribution in [1.82, 2.24) is 15.5 Å². The maximum absolute atomic E-state index is 12.9. The number of hydrogen-bond donors (Lipinski definition) is 2. The first-order valence-corrected chi connectivity index (χ1v) is 29.7. The Bertz CT molecular complexity index is 1470. The van der Waals surface area contributed by atoms with E-state index in [0.29, 0.717) is 46.1 Å². The average Bonchev–Trinajstić information content (AvgIpc) is 3.77. The van der Waals surface area contributed by atoms with Crippen molar-refractivity contribution in [2.75, 3.05) is 72.9 Å². The van der Waals surface area contributed by atoms with Gasteiger partial charge in [0.05, 0.1) is 64.4 Å². The summed E-state index contributed by atoms with van der Waals surface area (Å²) in [5.41, 5.74) is 0. The van der Waals surface area contributed by atoms with Crippen LogP contribution in [-0.2, 0) is 47.5 Å². The number of carbonyl (C=O) groups is 3. The highest BCUT2D eigenvalue weighted by Gasteiger charge is 2.43. The first-order chi connectivity index (χ1) is 36.0. The number of hydrogen-bond acceptors (Lipinski definition) is 11. The Morgan fingerprint density at radius 1 is 0.635 bits per heavy atom. The van der Waals surface area contributed by atoms with Crippen molar-refractivity contribution in [3.05, 3.63) is 48.6 Å². The number of ether oxygens (including phenoxy) is 7. The molecule has 2 unspecified atom stereocenters. The molecule has 2 saturated heterocycles. The van der Waals surface area contributed by atoms with Gasteiger partial charge in [0.15, 0.2) is 12.1 Å². The van der Waals surface area contributed by atoms with Crippen molar-refractivity contribution in [2.45, 2.75) is 239 Å². The third-order valence-electron chi connectivity index (χ3n) is 14.2. The SMILES string of the molecule is CCCCC/C=C\C/C=C\CCCCCCCCC1(CCCCCCCC/C=C\C/C=C\CCCCC)OC[C@H](CN(C)CC(=O)NCCOCCOCCO[C@@H]2OC(COC(C)=O)[C@H](C)[C@H](C)C2NC(C)=O)O1. The monoisotopic (exact) mass is 1040 g/mol. The zero-order chi connectivity index (χ0) is 53.8. The standard InChI is InChI=1S/C61H109N3O10/c1-8-10-12-14-16-18-20-22-24-26-28-30-32-34-36-38-40-61(41-39-37-35-33-31-29-27-25-23-21-19-17-15-13-11-9-2)72-50-56(74-61)48-64(7)49-58(67)62-42-43-68-44-45-69-46-47-70-60-59(63-54(5)65)53(4)52(3)57(73-60)51-71-55(6)66/h16-19,22-25,52-53,56-57,59-60H,8-15,20-21,26-51H2,1-7H3,(H,62,67)(H,63,65)/b18-16-,19-17-,24-22-,25-23-/t52-,53+,56+,57?,59?,60-/m1/s1. The summed E-state index contributed by atoms with van der Waals surface area (Å²) in [5, 5.41) is 5.92. The summed E-state index contributed by atoms with van der Waals surface area (Å²) >= 11 is 0. The number of unbranched alkanes of at least 4 members (excludes halogenated alkanes) is 18. The average molecular weight is 1040 g/mol. The van der Waals surface area contributed by atoms with Gasteiger partial charge in [-0.25, -0.2) is 0 Å². The maximum atomic E-state index is 12.9. The summed E-state index contributed by atoms with van der Waals surface area (Å²) in [5.74, 6) is -1.05. The molecule has 0 aliphatic carbocycles. The molecule has 13 heteroatoms. The Kier molecular flexibility index (Phi) is 41.0. The number of rotatable bonds is 47. The van der Waals surface area contributed by atoms with E-state index in [1.807, 2.05) is 25.8 Å². The first kappa shape index (κ1) is 67.2. The summed E-state index contributed by atoms with van der Waals surface area (Å²) in [6, 6.07) is -0.347. The quantitative estimate of drug-likeness (QED) is 0.0342. The van der Waals surface area contributed by atoms with Crippen LogP contribution in [0.5, 0.6) is 0 Å². The van der Waals surface area contributed by atoms with E-state index in [1.54, 1.807) is 0 Å². The maximum Gasteiger partial charge on any atom is 0.302 e. The molecule has 0 spiro atoms. The van der Waals surface area contributed by atoms with Gasteiger partial charge in [0, 0.05) is 39.8 Å². The second-order valence-corrected chi connectivity index (χ2v) is 21.1. The van der Waals surface area contributed by atoms with E-state index in [-0.39, 0.29) is 67.6 Å². The summed E-state index contributed by atoms with van der Waals surface area (Å²) in [6.45, 7) is 15.0. The van der Waals surface area contributed by atoms with Crippen molar-refractivity contribution >= 4 is 17.8 Å². The van der Waals surface area contributed by atoms with Crippen LogP contribution in [0, 0.1) is 11.8 Å². The lowest BCUT2D eigenvalue weighted by Crippen LogP contribution is -2.58. The van der Waals surface area contributed by atoms with Crippen LogP contribution in [0.4, 0.5) is 0 Å². The van der Waals surface area contributed by atoms with Crippen LogP contribution in [0.25, 0.3) is 0 Å². The second-order valence-electron chi connectivity index (χ2n) is 21.1. The molecular formula is C61H109N3O10. The fourth-order valence-corrected chi connectivity index (χ4v) is 9.64. The van der Waals surface area contributed by atoms with Crippen molar-refractivity contribution in [1.29, 1.82) is 0 Å². The topological polar surface area (TPSA) is 143 Å². The Labute approximate surface area is 451 Å². The second kappa shape index (κ2) is 45.1. The first-order valence-electron chi connectivity index (χ1n) is 29.7. The molecule has 2 rings (SSSR count). The van der Waals surface area contributed by atoms with Crippen molar-refractivity contribution in [3.8, 4) is 0 Å². The molecule has 13 nitrogen and oxygen atoms in total. The molecule has 6 atom stereocenters. The van der Waals surface area contributed by atoms with Gasteiger partial charge < -0.3 is 43.8 Å². The van der Waals surface area contributed by atoms with E-state index < -0.39 is 12.1 Å². The highest BCUT2D eigenvalue weighted by molar-refractivity contribution is 5.77. The molecule has 0 radical (unpaired) electrons. The molecule has 2 aliphatic rings. The van der Waals surface area contributed by atoms with Gasteiger partial charge >= 0.3 is 5.97 Å². The van der Waals surface area contributed by atoms with E-state index in [0.717, 1.165) is 38.5 Å². The molecular weight excluding hydrogens is 935 g/mol. The third kappa shape index (κ3) is 34.7. The van der Waals surface area contributed by atoms with Crippen LogP contribution in [0.3, 0.4) is 0 Å². The van der Waals surface area contributed by atoms with Gasteiger partial charge in [-0.2, -0.15) is 0 Å². The largest absolute Gasteiger partial charge is 0.463 e. The molecule has 2 N–H and O–H groups in total. The fourth-order valence-electron chi connectivity index (χ4n) is 9.64. The normalized spacial score (nSPS) is 21.0. The molecule has 0 aromatic rings. The molecule has 2 fully saturated rings. The summed E-state index contributed by atoms with van der Waals surface area (Å²) in [7, 11) is 1.97. The van der Waals surface area contributed by atoms with E-state index in [4.69, 9.17) is 33.2 Å². The zero-order valence-electron chi connectivity index (χ0n) is 48.1. The number of carbonyl (C=O) groups excluding carboxylic acids is 3. The summed E-state index contributed by atoms with van der Waals surface area (Å²) in [4.78, 5) is 38.2. The third-order valence-corrected chi connectivity index (χ3v) is 14.2. The van der Waals surface area contributed by atoms with Gasteiger partial charge in [0.2, 0.25) is 11.8 Å². The van der Waals surface area contributed by atoms with Gasteiger partial charge in [-0.1, -0.05) is 153 Å². The molecule has 0 saturated carbocycles. The van der Waals surface area contributed by atoms with E-state index >= 15 is 0 Å². The van der Waals surface area contributed by atoms with Crippen molar-refractivity contribution in [3.63, 3.8) is 0 Å². The molecule has 0 aromatic carbocycles. The lowest BCUT2D eigenvalue weighted by atomic mass is 9.82. The minimum absolute atomic E-state index is 0.0338. The number of nitrogens with one attached hydrogen (secondary N) is 2. The van der Waals surface area contributed by atoms with Gasteiger partial charge in [-0.3, -0.25) is 19.3 Å². The molecule has 428 valence electrons. The minimum Gasteiger partial charge on any atom is -0.463 e. The lowest BCUT2D eigenvalue weighted by molar-refractivity contribution is -0.247.